The van der Waals surface area contributed by atoms with Gasteiger partial charge in [0.15, 0.2) is 12.7 Å². The lowest BCUT2D eigenvalue weighted by Crippen LogP contribution is -2.40. The van der Waals surface area contributed by atoms with Crippen LogP contribution in [0.3, 0.4) is 0 Å². The van der Waals surface area contributed by atoms with E-state index >= 15 is 0 Å². The van der Waals surface area contributed by atoms with Crippen LogP contribution < -0.4 is 14.4 Å². The molecule has 1 heterocycles. The van der Waals surface area contributed by atoms with Crippen LogP contribution in [0.25, 0.3) is 0 Å². The van der Waals surface area contributed by atoms with Crippen LogP contribution in [0.1, 0.15) is 30.6 Å². The zero-order chi connectivity index (χ0) is 20.8. The summed E-state index contributed by atoms with van der Waals surface area (Å²) in [5.41, 5.74) is 1.06. The fourth-order valence-corrected chi connectivity index (χ4v) is 3.03. The number of amides is 1. The highest BCUT2D eigenvalue weighted by Gasteiger charge is 2.26. The molecule has 7 heteroatoms. The summed E-state index contributed by atoms with van der Waals surface area (Å²) in [6.45, 7) is 4.04. The lowest BCUT2D eigenvalue weighted by molar-refractivity contribution is -0.146. The Morgan fingerprint density at radius 1 is 1.14 bits per heavy atom. The zero-order valence-electron chi connectivity index (χ0n) is 16.4. The highest BCUT2D eigenvalue weighted by atomic mass is 16.5. The molecule has 7 nitrogen and oxygen atoms in total. The molecule has 0 bridgehead atoms. The minimum Gasteiger partial charge on any atom is -0.494 e. The van der Waals surface area contributed by atoms with E-state index in [0.717, 1.165) is 0 Å². The van der Waals surface area contributed by atoms with Crippen molar-refractivity contribution in [1.82, 2.24) is 0 Å². The minimum absolute atomic E-state index is 0.0268. The van der Waals surface area contributed by atoms with Gasteiger partial charge in [-0.2, -0.15) is 0 Å². The largest absolute Gasteiger partial charge is 0.494 e. The number of ether oxygens (including phenoxy) is 3. The normalized spacial score (nSPS) is 13.9. The van der Waals surface area contributed by atoms with Crippen LogP contribution in [-0.4, -0.2) is 43.5 Å². The van der Waals surface area contributed by atoms with E-state index in [4.69, 9.17) is 14.2 Å². The molecule has 29 heavy (non-hydrogen) atoms. The van der Waals surface area contributed by atoms with E-state index in [0.29, 0.717) is 29.4 Å². The average Bonchev–Trinajstić information content (AvgIpc) is 2.73. The van der Waals surface area contributed by atoms with E-state index in [1.165, 1.54) is 11.8 Å². The lowest BCUT2D eigenvalue weighted by Gasteiger charge is -2.29. The first-order chi connectivity index (χ1) is 14.0. The third-order valence-corrected chi connectivity index (χ3v) is 4.48. The van der Waals surface area contributed by atoms with Gasteiger partial charge in [0.05, 0.1) is 18.7 Å². The molecular formula is C22H23NO6. The Morgan fingerprint density at radius 3 is 2.59 bits per heavy atom. The van der Waals surface area contributed by atoms with Crippen molar-refractivity contribution in [2.45, 2.75) is 26.4 Å². The van der Waals surface area contributed by atoms with Crippen LogP contribution in [0, 0.1) is 0 Å². The molecule has 1 atom stereocenters. The second kappa shape index (κ2) is 9.23. The van der Waals surface area contributed by atoms with Gasteiger partial charge in [-0.3, -0.25) is 14.4 Å². The van der Waals surface area contributed by atoms with Gasteiger partial charge in [0.25, 0.3) is 5.91 Å². The van der Waals surface area contributed by atoms with Crippen molar-refractivity contribution in [2.24, 2.45) is 0 Å². The molecule has 0 saturated heterocycles. The van der Waals surface area contributed by atoms with Crippen LogP contribution >= 0.6 is 0 Å². The van der Waals surface area contributed by atoms with E-state index < -0.39 is 12.1 Å². The Morgan fingerprint density at radius 2 is 1.86 bits per heavy atom. The number of hydrogen-bond donors (Lipinski definition) is 0. The second-order valence-electron chi connectivity index (χ2n) is 6.51. The number of carbonyl (C=O) groups excluding carboxylic acids is 3. The standard InChI is InChI=1S/C22H23NO6/c1-3-27-17-10-8-16(9-11-17)22(26)15(2)29-21(25)12-13-23-18-6-4-5-7-19(18)28-14-20(23)24/h4-11,15H,3,12-14H2,1-2H3/t15-/m0/s1. The van der Waals surface area contributed by atoms with Crippen molar-refractivity contribution in [3.63, 3.8) is 0 Å². The predicted molar refractivity (Wildman–Crippen MR) is 106 cm³/mol. The number of para-hydroxylation sites is 2. The van der Waals surface area contributed by atoms with Gasteiger partial charge in [-0.15, -0.1) is 0 Å². The maximum atomic E-state index is 12.5. The summed E-state index contributed by atoms with van der Waals surface area (Å²) in [6, 6.07) is 13.8. The van der Waals surface area contributed by atoms with Crippen molar-refractivity contribution in [2.75, 3.05) is 24.7 Å². The summed E-state index contributed by atoms with van der Waals surface area (Å²) in [5.74, 6) is 0.196. The first kappa shape index (κ1) is 20.4. The van der Waals surface area contributed by atoms with Crippen LogP contribution in [0.5, 0.6) is 11.5 Å². The third kappa shape index (κ3) is 4.93. The highest BCUT2D eigenvalue weighted by Crippen LogP contribution is 2.31. The van der Waals surface area contributed by atoms with Gasteiger partial charge in [0.2, 0.25) is 5.78 Å². The number of hydrogen-bond acceptors (Lipinski definition) is 6. The summed E-state index contributed by atoms with van der Waals surface area (Å²) in [7, 11) is 0. The Balaban J connectivity index is 1.55. The fraction of sp³-hybridized carbons (Fsp3) is 0.318. The summed E-state index contributed by atoms with van der Waals surface area (Å²) < 4.78 is 16.0. The fourth-order valence-electron chi connectivity index (χ4n) is 3.03. The SMILES string of the molecule is CCOc1ccc(C(=O)[C@H](C)OC(=O)CCN2C(=O)COc3ccccc32)cc1. The molecule has 2 aromatic carbocycles. The van der Waals surface area contributed by atoms with Gasteiger partial charge in [0.1, 0.15) is 11.5 Å². The monoisotopic (exact) mass is 397 g/mol. The molecule has 0 radical (unpaired) electrons. The van der Waals surface area contributed by atoms with E-state index in [-0.39, 0.29) is 31.3 Å². The number of nitrogens with zero attached hydrogens (tertiary/aromatic N) is 1. The van der Waals surface area contributed by atoms with Crippen LogP contribution in [0.15, 0.2) is 48.5 Å². The van der Waals surface area contributed by atoms with Gasteiger partial charge in [-0.05, 0) is 50.2 Å². The van der Waals surface area contributed by atoms with Gasteiger partial charge in [0, 0.05) is 12.1 Å². The van der Waals surface area contributed by atoms with E-state index in [1.807, 2.05) is 13.0 Å². The molecule has 0 unspecified atom stereocenters. The molecule has 1 aliphatic heterocycles. The Hall–Kier alpha value is -3.35. The topological polar surface area (TPSA) is 82.1 Å². The van der Waals surface area contributed by atoms with Crippen LogP contribution in [0.4, 0.5) is 5.69 Å². The quantitative estimate of drug-likeness (QED) is 0.503. The molecular weight excluding hydrogens is 374 g/mol. The summed E-state index contributed by atoms with van der Waals surface area (Å²) in [6.07, 6.45) is -0.950. The van der Waals surface area contributed by atoms with Crippen molar-refractivity contribution in [3.8, 4) is 11.5 Å². The number of benzene rings is 2. The first-order valence-corrected chi connectivity index (χ1v) is 9.48. The summed E-state index contributed by atoms with van der Waals surface area (Å²) >= 11 is 0. The van der Waals surface area contributed by atoms with Crippen molar-refractivity contribution >= 4 is 23.3 Å². The van der Waals surface area contributed by atoms with Crippen molar-refractivity contribution in [3.05, 3.63) is 54.1 Å². The average molecular weight is 397 g/mol. The van der Waals surface area contributed by atoms with Gasteiger partial charge >= 0.3 is 5.97 Å². The molecule has 1 amide bonds. The predicted octanol–water partition coefficient (Wildman–Crippen LogP) is 3.02. The maximum absolute atomic E-state index is 12.5. The van der Waals surface area contributed by atoms with Gasteiger partial charge in [-0.1, -0.05) is 12.1 Å². The molecule has 0 aliphatic carbocycles. The van der Waals surface area contributed by atoms with E-state index in [1.54, 1.807) is 42.5 Å². The first-order valence-electron chi connectivity index (χ1n) is 9.48. The maximum Gasteiger partial charge on any atom is 0.308 e. The van der Waals surface area contributed by atoms with E-state index in [2.05, 4.69) is 0 Å². The summed E-state index contributed by atoms with van der Waals surface area (Å²) in [4.78, 5) is 38.3. The highest BCUT2D eigenvalue weighted by molar-refractivity contribution is 6.00. The smallest absolute Gasteiger partial charge is 0.308 e. The number of anilines is 1. The molecule has 0 aromatic heterocycles. The van der Waals surface area contributed by atoms with Gasteiger partial charge in [-0.25, -0.2) is 0 Å². The molecule has 0 fully saturated rings. The molecule has 2 aromatic rings. The Labute approximate surface area is 169 Å². The van der Waals surface area contributed by atoms with Crippen LogP contribution in [0.2, 0.25) is 0 Å². The Bertz CT molecular complexity index is 892. The zero-order valence-corrected chi connectivity index (χ0v) is 16.4. The molecule has 1 aliphatic rings. The number of ketones is 1. The molecule has 0 spiro atoms. The molecule has 152 valence electrons. The number of esters is 1. The number of Topliss-reactive ketones (excluding diaryl/α,β-unsaturated/α-hetero) is 1. The van der Waals surface area contributed by atoms with E-state index in [9.17, 15) is 14.4 Å². The van der Waals surface area contributed by atoms with Crippen LogP contribution in [-0.2, 0) is 14.3 Å². The van der Waals surface area contributed by atoms with Crippen molar-refractivity contribution < 1.29 is 28.6 Å². The number of carbonyl (C=O) groups is 3. The number of rotatable bonds is 8. The summed E-state index contributed by atoms with van der Waals surface area (Å²) in [5, 5.41) is 0. The van der Waals surface area contributed by atoms with Crippen molar-refractivity contribution in [1.29, 1.82) is 0 Å². The minimum atomic E-state index is -0.923. The van der Waals surface area contributed by atoms with Gasteiger partial charge < -0.3 is 19.1 Å². The molecule has 3 rings (SSSR count). The molecule has 0 N–H and O–H groups in total. The Kier molecular flexibility index (Phi) is 6.49. The number of fused-ring (bicyclic) bond motifs is 1. The molecule has 0 saturated carbocycles. The lowest BCUT2D eigenvalue weighted by atomic mass is 10.1. The third-order valence-electron chi connectivity index (χ3n) is 4.48. The second-order valence-corrected chi connectivity index (χ2v) is 6.51.